The zero-order chi connectivity index (χ0) is 9.14. The monoisotopic (exact) mass is 173 g/mol. The number of aliphatic hydroxyl groups excluding tert-OH is 1. The van der Waals surface area contributed by atoms with E-state index in [1.165, 1.54) is 6.92 Å². The smallest absolute Gasteiger partial charge is 0.308 e. The van der Waals surface area contributed by atoms with E-state index in [9.17, 15) is 9.90 Å². The van der Waals surface area contributed by atoms with Crippen molar-refractivity contribution in [1.29, 1.82) is 0 Å². The minimum Gasteiger partial charge on any atom is -0.481 e. The molecular weight excluding hydrogens is 158 g/mol. The molecule has 3 atom stereocenters. The minimum atomic E-state index is -0.934. The average Bonchev–Trinajstić information content (AvgIpc) is 2.53. The first-order valence-corrected chi connectivity index (χ1v) is 4.27. The molecule has 0 saturated carbocycles. The van der Waals surface area contributed by atoms with E-state index in [1.807, 2.05) is 0 Å². The number of hydrogen-bond donors (Lipinski definition) is 3. The van der Waals surface area contributed by atoms with Crippen molar-refractivity contribution in [3.05, 3.63) is 0 Å². The Morgan fingerprint density at radius 2 is 2.33 bits per heavy atom. The summed E-state index contributed by atoms with van der Waals surface area (Å²) in [5.41, 5.74) is 0. The minimum absolute atomic E-state index is 0.0314. The third kappa shape index (κ3) is 1.95. The molecular formula is C8H15NO3. The van der Waals surface area contributed by atoms with Gasteiger partial charge in [-0.2, -0.15) is 0 Å². The average molecular weight is 173 g/mol. The van der Waals surface area contributed by atoms with Crippen LogP contribution in [0.3, 0.4) is 0 Å². The molecule has 4 nitrogen and oxygen atoms in total. The van der Waals surface area contributed by atoms with Crippen molar-refractivity contribution < 1.29 is 15.0 Å². The van der Waals surface area contributed by atoms with E-state index in [2.05, 4.69) is 5.32 Å². The first-order valence-electron chi connectivity index (χ1n) is 4.27. The van der Waals surface area contributed by atoms with Crippen LogP contribution in [-0.2, 0) is 4.79 Å². The Kier molecular flexibility index (Phi) is 3.05. The fraction of sp³-hybridized carbons (Fsp3) is 0.875. The fourth-order valence-corrected chi connectivity index (χ4v) is 1.50. The summed E-state index contributed by atoms with van der Waals surface area (Å²) in [4.78, 5) is 10.5. The Bertz CT molecular complexity index is 166. The molecule has 1 aliphatic heterocycles. The summed E-state index contributed by atoms with van der Waals surface area (Å²) in [6.45, 7) is 2.42. The zero-order valence-electron chi connectivity index (χ0n) is 7.16. The summed E-state index contributed by atoms with van der Waals surface area (Å²) in [5.74, 6) is -1.61. The van der Waals surface area contributed by atoms with Crippen LogP contribution in [0.1, 0.15) is 19.8 Å². The number of carboxylic acid groups (broad SMARTS) is 1. The molecule has 0 bridgehead atoms. The molecule has 1 heterocycles. The van der Waals surface area contributed by atoms with Crippen LogP contribution < -0.4 is 5.32 Å². The van der Waals surface area contributed by atoms with Crippen molar-refractivity contribution in [2.45, 2.75) is 31.9 Å². The highest BCUT2D eigenvalue weighted by molar-refractivity contribution is 5.70. The number of nitrogens with one attached hydrogen (secondary N) is 1. The summed E-state index contributed by atoms with van der Waals surface area (Å²) < 4.78 is 0. The molecule has 0 spiro atoms. The maximum absolute atomic E-state index is 10.5. The molecule has 0 aromatic rings. The Morgan fingerprint density at radius 3 is 2.75 bits per heavy atom. The van der Waals surface area contributed by atoms with E-state index in [0.717, 1.165) is 19.4 Å². The number of aliphatic hydroxyl groups is 1. The summed E-state index contributed by atoms with van der Waals surface area (Å²) in [7, 11) is 0. The predicted molar refractivity (Wildman–Crippen MR) is 43.8 cm³/mol. The SMILES string of the molecule is C[C@H](C(=O)O)[C@H](O)[C@@H]1CCCN1. The van der Waals surface area contributed by atoms with Crippen LogP contribution in [0.15, 0.2) is 0 Å². The molecule has 1 saturated heterocycles. The standard InChI is InChI=1S/C8H15NO3/c1-5(8(11)12)7(10)6-3-2-4-9-6/h5-7,9-10H,2-4H2,1H3,(H,11,12)/t5-,6-,7-/m0/s1. The van der Waals surface area contributed by atoms with Crippen molar-refractivity contribution in [1.82, 2.24) is 5.32 Å². The van der Waals surface area contributed by atoms with Gasteiger partial charge in [0, 0.05) is 6.04 Å². The Labute approximate surface area is 71.6 Å². The van der Waals surface area contributed by atoms with Crippen LogP contribution in [0, 0.1) is 5.92 Å². The van der Waals surface area contributed by atoms with Gasteiger partial charge < -0.3 is 15.5 Å². The molecule has 0 aliphatic carbocycles. The summed E-state index contributed by atoms with van der Waals surface area (Å²) in [6, 6.07) is -0.0314. The molecule has 0 radical (unpaired) electrons. The van der Waals surface area contributed by atoms with Gasteiger partial charge in [0.25, 0.3) is 0 Å². The molecule has 3 N–H and O–H groups in total. The Balaban J connectivity index is 2.44. The normalized spacial score (nSPS) is 28.3. The summed E-state index contributed by atoms with van der Waals surface area (Å²) in [6.07, 6.45) is 1.14. The number of aliphatic carboxylic acids is 1. The predicted octanol–water partition coefficient (Wildman–Crippen LogP) is -0.180. The van der Waals surface area contributed by atoms with E-state index < -0.39 is 18.0 Å². The second-order valence-corrected chi connectivity index (χ2v) is 3.32. The quantitative estimate of drug-likeness (QED) is 0.553. The van der Waals surface area contributed by atoms with Crippen molar-refractivity contribution in [3.8, 4) is 0 Å². The Hall–Kier alpha value is -0.610. The van der Waals surface area contributed by atoms with Gasteiger partial charge in [-0.1, -0.05) is 0 Å². The van der Waals surface area contributed by atoms with Crippen LogP contribution in [0.2, 0.25) is 0 Å². The Morgan fingerprint density at radius 1 is 1.67 bits per heavy atom. The highest BCUT2D eigenvalue weighted by Crippen LogP contribution is 2.15. The molecule has 0 aromatic heterocycles. The molecule has 1 rings (SSSR count). The lowest BCUT2D eigenvalue weighted by Crippen LogP contribution is -2.41. The van der Waals surface area contributed by atoms with Crippen LogP contribution in [0.25, 0.3) is 0 Å². The lowest BCUT2D eigenvalue weighted by atomic mass is 9.97. The molecule has 70 valence electrons. The number of hydrogen-bond acceptors (Lipinski definition) is 3. The number of rotatable bonds is 3. The largest absolute Gasteiger partial charge is 0.481 e. The lowest BCUT2D eigenvalue weighted by Gasteiger charge is -2.21. The highest BCUT2D eigenvalue weighted by atomic mass is 16.4. The van der Waals surface area contributed by atoms with Crippen LogP contribution >= 0.6 is 0 Å². The van der Waals surface area contributed by atoms with E-state index in [-0.39, 0.29) is 6.04 Å². The van der Waals surface area contributed by atoms with Gasteiger partial charge in [0.2, 0.25) is 0 Å². The van der Waals surface area contributed by atoms with Gasteiger partial charge in [0.05, 0.1) is 12.0 Å². The van der Waals surface area contributed by atoms with Crippen molar-refractivity contribution in [3.63, 3.8) is 0 Å². The van der Waals surface area contributed by atoms with Crippen LogP contribution in [0.5, 0.6) is 0 Å². The molecule has 4 heteroatoms. The lowest BCUT2D eigenvalue weighted by molar-refractivity contribution is -0.145. The van der Waals surface area contributed by atoms with Gasteiger partial charge in [-0.05, 0) is 26.3 Å². The molecule has 0 aromatic carbocycles. The van der Waals surface area contributed by atoms with Gasteiger partial charge in [0.15, 0.2) is 0 Å². The van der Waals surface area contributed by atoms with Gasteiger partial charge >= 0.3 is 5.97 Å². The second kappa shape index (κ2) is 3.87. The number of carboxylic acids is 1. The maximum atomic E-state index is 10.5. The van der Waals surface area contributed by atoms with Crippen molar-refractivity contribution in [2.24, 2.45) is 5.92 Å². The zero-order valence-corrected chi connectivity index (χ0v) is 7.16. The van der Waals surface area contributed by atoms with Crippen molar-refractivity contribution in [2.75, 3.05) is 6.54 Å². The first-order chi connectivity index (χ1) is 5.63. The van der Waals surface area contributed by atoms with Gasteiger partial charge in [-0.15, -0.1) is 0 Å². The summed E-state index contributed by atoms with van der Waals surface area (Å²) >= 11 is 0. The molecule has 0 amide bonds. The molecule has 12 heavy (non-hydrogen) atoms. The van der Waals surface area contributed by atoms with Crippen molar-refractivity contribution >= 4 is 5.97 Å². The van der Waals surface area contributed by atoms with Gasteiger partial charge in [-0.25, -0.2) is 0 Å². The van der Waals surface area contributed by atoms with E-state index >= 15 is 0 Å². The summed E-state index contributed by atoms with van der Waals surface area (Å²) in [5, 5.41) is 21.2. The third-order valence-corrected chi connectivity index (χ3v) is 2.41. The highest BCUT2D eigenvalue weighted by Gasteiger charge is 2.30. The van der Waals surface area contributed by atoms with E-state index in [0.29, 0.717) is 0 Å². The first kappa shape index (κ1) is 9.48. The molecule has 1 aliphatic rings. The molecule has 0 unspecified atom stereocenters. The topological polar surface area (TPSA) is 69.6 Å². The van der Waals surface area contributed by atoms with Crippen LogP contribution in [-0.4, -0.2) is 34.9 Å². The van der Waals surface area contributed by atoms with Gasteiger partial charge in [-0.3, -0.25) is 4.79 Å². The van der Waals surface area contributed by atoms with E-state index in [1.54, 1.807) is 0 Å². The molecule has 1 fully saturated rings. The van der Waals surface area contributed by atoms with Crippen LogP contribution in [0.4, 0.5) is 0 Å². The number of carbonyl (C=O) groups is 1. The fourth-order valence-electron chi connectivity index (χ4n) is 1.50. The van der Waals surface area contributed by atoms with E-state index in [4.69, 9.17) is 5.11 Å². The van der Waals surface area contributed by atoms with Gasteiger partial charge in [0.1, 0.15) is 0 Å². The second-order valence-electron chi connectivity index (χ2n) is 3.32. The maximum Gasteiger partial charge on any atom is 0.308 e. The third-order valence-electron chi connectivity index (χ3n) is 2.41.